The van der Waals surface area contributed by atoms with Crippen LogP contribution in [-0.2, 0) is 14.8 Å². The average Bonchev–Trinajstić information content (AvgIpc) is 3.73. The minimum absolute atomic E-state index is 0.0952. The van der Waals surface area contributed by atoms with Gasteiger partial charge in [-0.05, 0) is 53.0 Å². The molecule has 1 aromatic carbocycles. The number of sulfonamides is 1. The summed E-state index contributed by atoms with van der Waals surface area (Å²) in [5.74, 6) is -1.39. The van der Waals surface area contributed by atoms with Crippen molar-refractivity contribution in [3.8, 4) is 6.07 Å². The summed E-state index contributed by atoms with van der Waals surface area (Å²) in [5, 5.41) is 20.0. The molecule has 1 aliphatic heterocycles. The van der Waals surface area contributed by atoms with Crippen LogP contribution in [0.2, 0.25) is 5.15 Å². The minimum atomic E-state index is -5.08. The van der Waals surface area contributed by atoms with Crippen molar-refractivity contribution in [3.63, 3.8) is 0 Å². The minimum Gasteiger partial charge on any atom is -0.475 e. The number of piperazine rings is 1. The van der Waals surface area contributed by atoms with E-state index in [-0.39, 0.29) is 10.0 Å². The van der Waals surface area contributed by atoms with Gasteiger partial charge in [-0.1, -0.05) is 11.6 Å². The zero-order chi connectivity index (χ0) is 29.2. The lowest BCUT2D eigenvalue weighted by Gasteiger charge is -2.35. The summed E-state index contributed by atoms with van der Waals surface area (Å²) in [6.45, 7) is 1.50. The van der Waals surface area contributed by atoms with Gasteiger partial charge in [0.05, 0.1) is 27.1 Å². The molecule has 17 heteroatoms. The van der Waals surface area contributed by atoms with Crippen LogP contribution in [0.3, 0.4) is 0 Å². The Kier molecular flexibility index (Phi) is 8.69. The number of carboxylic acids is 1. The van der Waals surface area contributed by atoms with Crippen LogP contribution < -0.4 is 10.2 Å². The number of alkyl halides is 3. The number of anilines is 2. The van der Waals surface area contributed by atoms with Crippen LogP contribution in [0.4, 0.5) is 24.8 Å². The third-order valence-corrected chi connectivity index (χ3v) is 8.88. The molecular formula is C23H20BrClF3N7O4S. The first kappa shape index (κ1) is 29.7. The van der Waals surface area contributed by atoms with E-state index in [0.29, 0.717) is 64.9 Å². The van der Waals surface area contributed by atoms with Crippen molar-refractivity contribution >= 4 is 66.2 Å². The number of carbonyl (C=O) groups is 1. The number of fused-ring (bicyclic) bond motifs is 1. The van der Waals surface area contributed by atoms with E-state index in [4.69, 9.17) is 31.5 Å². The highest BCUT2D eigenvalue weighted by Crippen LogP contribution is 2.32. The summed E-state index contributed by atoms with van der Waals surface area (Å²) in [5.41, 5.74) is 1.87. The maximum Gasteiger partial charge on any atom is 0.490 e. The van der Waals surface area contributed by atoms with Gasteiger partial charge in [-0.3, -0.25) is 0 Å². The third kappa shape index (κ3) is 6.89. The lowest BCUT2D eigenvalue weighted by molar-refractivity contribution is -0.192. The molecule has 2 aromatic heterocycles. The number of carboxylic acid groups (broad SMARTS) is 1. The van der Waals surface area contributed by atoms with Crippen LogP contribution in [0.1, 0.15) is 18.4 Å². The zero-order valence-electron chi connectivity index (χ0n) is 20.4. The van der Waals surface area contributed by atoms with Gasteiger partial charge in [-0.15, -0.1) is 0 Å². The maximum atomic E-state index is 13.1. The number of nitriles is 1. The van der Waals surface area contributed by atoms with Gasteiger partial charge in [0, 0.05) is 38.4 Å². The van der Waals surface area contributed by atoms with Gasteiger partial charge in [-0.25, -0.2) is 28.2 Å². The third-order valence-electron chi connectivity index (χ3n) is 5.88. The number of nitrogens with zero attached hydrogens (tertiary/aromatic N) is 6. The first-order valence-electron chi connectivity index (χ1n) is 11.6. The Labute approximate surface area is 239 Å². The van der Waals surface area contributed by atoms with E-state index >= 15 is 0 Å². The zero-order valence-corrected chi connectivity index (χ0v) is 23.5. The van der Waals surface area contributed by atoms with E-state index in [1.54, 1.807) is 18.2 Å². The van der Waals surface area contributed by atoms with E-state index in [0.717, 1.165) is 12.8 Å². The van der Waals surface area contributed by atoms with E-state index in [1.807, 2.05) is 4.90 Å². The number of hydrogen-bond donors (Lipinski definition) is 2. The first-order chi connectivity index (χ1) is 18.8. The van der Waals surface area contributed by atoms with Crippen molar-refractivity contribution in [1.29, 1.82) is 5.26 Å². The first-order valence-corrected chi connectivity index (χ1v) is 14.3. The molecule has 40 heavy (non-hydrogen) atoms. The van der Waals surface area contributed by atoms with Crippen LogP contribution >= 0.6 is 27.5 Å². The highest BCUT2D eigenvalue weighted by atomic mass is 79.9. The van der Waals surface area contributed by atoms with Crippen molar-refractivity contribution in [3.05, 3.63) is 45.7 Å². The number of hydrogen-bond acceptors (Lipinski definition) is 9. The van der Waals surface area contributed by atoms with E-state index in [1.165, 1.54) is 16.6 Å². The molecule has 1 aliphatic carbocycles. The summed E-state index contributed by atoms with van der Waals surface area (Å²) < 4.78 is 59.8. The van der Waals surface area contributed by atoms with E-state index in [2.05, 4.69) is 32.3 Å². The van der Waals surface area contributed by atoms with Crippen molar-refractivity contribution < 1.29 is 31.5 Å². The Morgan fingerprint density at radius 3 is 2.35 bits per heavy atom. The molecule has 1 saturated heterocycles. The Balaban J connectivity index is 0.000000470. The number of halogens is 5. The van der Waals surface area contributed by atoms with Gasteiger partial charge in [0.2, 0.25) is 10.0 Å². The van der Waals surface area contributed by atoms with Gasteiger partial charge < -0.3 is 15.3 Å². The lowest BCUT2D eigenvalue weighted by Crippen LogP contribution is -2.49. The number of aliphatic carboxylic acids is 1. The number of pyridine rings is 1. The number of benzene rings is 1. The van der Waals surface area contributed by atoms with Crippen LogP contribution in [-0.4, -0.2) is 77.1 Å². The normalized spacial score (nSPS) is 16.1. The Morgan fingerprint density at radius 1 is 1.15 bits per heavy atom. The molecule has 0 radical (unpaired) electrons. The van der Waals surface area contributed by atoms with Gasteiger partial charge in [0.1, 0.15) is 10.0 Å². The number of aromatic nitrogens is 3. The second kappa shape index (κ2) is 11.7. The second-order valence-corrected chi connectivity index (χ2v) is 11.9. The van der Waals surface area contributed by atoms with E-state index < -0.39 is 22.2 Å². The molecule has 2 N–H and O–H groups in total. The smallest absolute Gasteiger partial charge is 0.475 e. The van der Waals surface area contributed by atoms with Crippen molar-refractivity contribution in [2.75, 3.05) is 36.4 Å². The Bertz CT molecular complexity index is 1590. The fourth-order valence-corrected chi connectivity index (χ4v) is 5.69. The second-order valence-electron chi connectivity index (χ2n) is 8.77. The standard InChI is InChI=1S/C21H19BrClN7O2S.C2HF3O2/c22-16-10-15(12-25-19(16)23)33(31,32)30-7-5-29(6-8-30)21-20(26-14-2-3-14)27-17-4-1-13(11-24)9-18(17)28-21;3-2(4,5)1(6)7/h1,4,9-10,12,14H,2-3,5-8H2,(H,26,27);(H,6,7). The fraction of sp³-hybridized carbons (Fsp3) is 0.348. The number of nitrogens with one attached hydrogen (secondary N) is 1. The maximum absolute atomic E-state index is 13.1. The number of rotatable bonds is 5. The quantitative estimate of drug-likeness (QED) is 0.383. The molecule has 5 rings (SSSR count). The van der Waals surface area contributed by atoms with Crippen molar-refractivity contribution in [1.82, 2.24) is 19.3 Å². The Hall–Kier alpha value is -3.26. The molecule has 3 aromatic rings. The summed E-state index contributed by atoms with van der Waals surface area (Å²) >= 11 is 9.15. The van der Waals surface area contributed by atoms with E-state index in [9.17, 15) is 26.9 Å². The summed E-state index contributed by atoms with van der Waals surface area (Å²) in [6, 6.07) is 9.23. The molecule has 2 aliphatic rings. The predicted molar refractivity (Wildman–Crippen MR) is 143 cm³/mol. The highest BCUT2D eigenvalue weighted by Gasteiger charge is 2.38. The lowest BCUT2D eigenvalue weighted by atomic mass is 10.2. The Morgan fingerprint density at radius 2 is 1.80 bits per heavy atom. The van der Waals surface area contributed by atoms with Gasteiger partial charge in [0.25, 0.3) is 0 Å². The molecular weight excluding hydrogens is 643 g/mol. The SMILES string of the molecule is N#Cc1ccc2nc(NC3CC3)c(N3CCN(S(=O)(=O)c4cnc(Cl)c(Br)c4)CC3)nc2c1.O=C(O)C(F)(F)F. The van der Waals surface area contributed by atoms with Crippen molar-refractivity contribution in [2.45, 2.75) is 30.0 Å². The predicted octanol–water partition coefficient (Wildman–Crippen LogP) is 4.03. The van der Waals surface area contributed by atoms with Crippen LogP contribution in [0.25, 0.3) is 11.0 Å². The van der Waals surface area contributed by atoms with Gasteiger partial charge >= 0.3 is 12.1 Å². The van der Waals surface area contributed by atoms with Crippen LogP contribution in [0.15, 0.2) is 39.8 Å². The molecule has 212 valence electrons. The largest absolute Gasteiger partial charge is 0.490 e. The molecule has 3 heterocycles. The average molecular weight is 663 g/mol. The summed E-state index contributed by atoms with van der Waals surface area (Å²) in [4.78, 5) is 24.5. The van der Waals surface area contributed by atoms with Gasteiger partial charge in [-0.2, -0.15) is 22.7 Å². The molecule has 0 bridgehead atoms. The fourth-order valence-electron chi connectivity index (χ4n) is 3.69. The summed E-state index contributed by atoms with van der Waals surface area (Å²) in [7, 11) is -3.70. The monoisotopic (exact) mass is 661 g/mol. The molecule has 2 fully saturated rings. The molecule has 1 saturated carbocycles. The molecule has 0 unspecified atom stereocenters. The van der Waals surface area contributed by atoms with Gasteiger partial charge in [0.15, 0.2) is 11.6 Å². The molecule has 0 amide bonds. The van der Waals surface area contributed by atoms with Crippen molar-refractivity contribution in [2.24, 2.45) is 0 Å². The molecule has 11 nitrogen and oxygen atoms in total. The van der Waals surface area contributed by atoms with Crippen LogP contribution in [0, 0.1) is 11.3 Å². The molecule has 0 spiro atoms. The molecule has 0 atom stereocenters. The highest BCUT2D eigenvalue weighted by molar-refractivity contribution is 9.10. The topological polar surface area (TPSA) is 152 Å². The van der Waals surface area contributed by atoms with Crippen LogP contribution in [0.5, 0.6) is 0 Å². The summed E-state index contributed by atoms with van der Waals surface area (Å²) in [6.07, 6.45) is -1.64.